The topological polar surface area (TPSA) is 85.8 Å². The molecule has 2 fully saturated rings. The van der Waals surface area contributed by atoms with Crippen molar-refractivity contribution in [2.45, 2.75) is 45.3 Å². The number of pyridine rings is 1. The maximum Gasteiger partial charge on any atom is 0.237 e. The van der Waals surface area contributed by atoms with Crippen molar-refractivity contribution in [2.24, 2.45) is 11.8 Å². The number of fused-ring (bicyclic) bond motifs is 1. The van der Waals surface area contributed by atoms with E-state index in [0.29, 0.717) is 18.9 Å². The summed E-state index contributed by atoms with van der Waals surface area (Å²) in [6, 6.07) is 3.96. The number of aliphatic hydroxyl groups is 1. The van der Waals surface area contributed by atoms with Crippen LogP contribution in [0.5, 0.6) is 0 Å². The van der Waals surface area contributed by atoms with Crippen LogP contribution >= 0.6 is 0 Å². The van der Waals surface area contributed by atoms with Crippen LogP contribution in [0.25, 0.3) is 0 Å². The molecule has 0 aromatic carbocycles. The number of carbonyl (C=O) groups is 2. The Kier molecular flexibility index (Phi) is 6.44. The fourth-order valence-electron chi connectivity index (χ4n) is 4.43. The second kappa shape index (κ2) is 8.80. The fourth-order valence-corrected chi connectivity index (χ4v) is 4.43. The predicted molar refractivity (Wildman–Crippen MR) is 102 cm³/mol. The summed E-state index contributed by atoms with van der Waals surface area (Å²) in [5, 5.41) is 11.8. The smallest absolute Gasteiger partial charge is 0.237 e. The number of carbonyl (C=O) groups excluding carboxylic acids is 2. The molecule has 3 heterocycles. The van der Waals surface area contributed by atoms with Crippen LogP contribution in [0.4, 0.5) is 0 Å². The van der Waals surface area contributed by atoms with Crippen LogP contribution in [0.15, 0.2) is 24.5 Å². The Morgan fingerprint density at radius 1 is 1.37 bits per heavy atom. The first-order valence-electron chi connectivity index (χ1n) is 9.80. The number of nitrogens with zero attached hydrogens (tertiary/aromatic N) is 3. The molecule has 0 radical (unpaired) electrons. The molecule has 27 heavy (non-hydrogen) atoms. The standard InChI is InChI=1S/C20H30N4O3/c1-14(2)9-18-17(20(27)22-7-8-25)10-16-12-23(13-19(26)24(16)18)11-15-3-5-21-6-4-15/h3-6,14,16-18,25H,7-13H2,1-2H3,(H,22,27)/t16-,17-,18-/m1/s1. The lowest BCUT2D eigenvalue weighted by Crippen LogP contribution is -2.56. The Morgan fingerprint density at radius 2 is 2.11 bits per heavy atom. The van der Waals surface area contributed by atoms with Crippen LogP contribution in [0, 0.1) is 11.8 Å². The average Bonchev–Trinajstić information content (AvgIpc) is 2.98. The quantitative estimate of drug-likeness (QED) is 0.731. The Morgan fingerprint density at radius 3 is 2.78 bits per heavy atom. The van der Waals surface area contributed by atoms with Gasteiger partial charge in [-0.1, -0.05) is 13.8 Å². The molecule has 2 amide bonds. The second-order valence-electron chi connectivity index (χ2n) is 8.03. The second-order valence-corrected chi connectivity index (χ2v) is 8.03. The highest BCUT2D eigenvalue weighted by molar-refractivity contribution is 5.84. The zero-order valence-electron chi connectivity index (χ0n) is 16.2. The molecule has 7 heteroatoms. The molecular formula is C20H30N4O3. The van der Waals surface area contributed by atoms with Crippen LogP contribution in [0.3, 0.4) is 0 Å². The Balaban J connectivity index is 1.73. The number of nitrogens with one attached hydrogen (secondary N) is 1. The van der Waals surface area contributed by atoms with Crippen LogP contribution in [-0.2, 0) is 16.1 Å². The molecule has 7 nitrogen and oxygen atoms in total. The molecule has 1 aromatic rings. The Bertz CT molecular complexity index is 652. The van der Waals surface area contributed by atoms with Gasteiger partial charge in [-0.05, 0) is 36.5 Å². The summed E-state index contributed by atoms with van der Waals surface area (Å²) in [4.78, 5) is 33.8. The summed E-state index contributed by atoms with van der Waals surface area (Å²) >= 11 is 0. The van der Waals surface area contributed by atoms with Gasteiger partial charge in [0.05, 0.1) is 19.1 Å². The van der Waals surface area contributed by atoms with Gasteiger partial charge < -0.3 is 15.3 Å². The van der Waals surface area contributed by atoms with Crippen molar-refractivity contribution in [3.63, 3.8) is 0 Å². The van der Waals surface area contributed by atoms with E-state index in [0.717, 1.165) is 25.1 Å². The zero-order valence-corrected chi connectivity index (χ0v) is 16.2. The highest BCUT2D eigenvalue weighted by atomic mass is 16.3. The molecule has 3 rings (SSSR count). The molecule has 0 bridgehead atoms. The van der Waals surface area contributed by atoms with Gasteiger partial charge in [-0.15, -0.1) is 0 Å². The molecule has 2 aliphatic rings. The van der Waals surface area contributed by atoms with E-state index in [-0.39, 0.29) is 43.0 Å². The van der Waals surface area contributed by atoms with Crippen molar-refractivity contribution in [3.05, 3.63) is 30.1 Å². The van der Waals surface area contributed by atoms with Gasteiger partial charge in [-0.2, -0.15) is 0 Å². The lowest BCUT2D eigenvalue weighted by Gasteiger charge is -2.40. The minimum atomic E-state index is -0.200. The Hall–Kier alpha value is -1.99. The number of hydrogen-bond acceptors (Lipinski definition) is 5. The van der Waals surface area contributed by atoms with E-state index >= 15 is 0 Å². The number of aromatic nitrogens is 1. The van der Waals surface area contributed by atoms with Crippen molar-refractivity contribution in [1.29, 1.82) is 0 Å². The highest BCUT2D eigenvalue weighted by Crippen LogP contribution is 2.36. The third-order valence-electron chi connectivity index (χ3n) is 5.47. The van der Waals surface area contributed by atoms with Crippen molar-refractivity contribution in [1.82, 2.24) is 20.1 Å². The number of rotatable bonds is 7. The van der Waals surface area contributed by atoms with E-state index in [1.165, 1.54) is 0 Å². The first-order chi connectivity index (χ1) is 13.0. The van der Waals surface area contributed by atoms with Crippen LogP contribution in [0.2, 0.25) is 0 Å². The lowest BCUT2D eigenvalue weighted by molar-refractivity contribution is -0.141. The van der Waals surface area contributed by atoms with Gasteiger partial charge in [0.1, 0.15) is 0 Å². The van der Waals surface area contributed by atoms with E-state index in [9.17, 15) is 9.59 Å². The van der Waals surface area contributed by atoms with Gasteiger partial charge in [0.25, 0.3) is 0 Å². The number of aliphatic hydroxyl groups excluding tert-OH is 1. The van der Waals surface area contributed by atoms with Gasteiger partial charge >= 0.3 is 0 Å². The van der Waals surface area contributed by atoms with Crippen molar-refractivity contribution in [2.75, 3.05) is 26.2 Å². The van der Waals surface area contributed by atoms with Gasteiger partial charge in [0, 0.05) is 44.1 Å². The van der Waals surface area contributed by atoms with Crippen LogP contribution < -0.4 is 5.32 Å². The monoisotopic (exact) mass is 374 g/mol. The number of hydrogen-bond donors (Lipinski definition) is 2. The first kappa shape index (κ1) is 19.8. The van der Waals surface area contributed by atoms with Crippen molar-refractivity contribution >= 4 is 11.8 Å². The molecule has 1 aromatic heterocycles. The third kappa shape index (κ3) is 4.65. The molecule has 2 N–H and O–H groups in total. The number of amides is 2. The normalized spacial score (nSPS) is 25.7. The summed E-state index contributed by atoms with van der Waals surface area (Å²) in [6.07, 6.45) is 5.05. The maximum absolute atomic E-state index is 13.0. The van der Waals surface area contributed by atoms with Gasteiger partial charge in [0.15, 0.2) is 0 Å². The van der Waals surface area contributed by atoms with Gasteiger partial charge in [-0.25, -0.2) is 0 Å². The SMILES string of the molecule is CC(C)C[C@@H]1[C@H](C(=O)NCCO)C[C@@H]2CN(Cc3ccncc3)CC(=O)N21. The highest BCUT2D eigenvalue weighted by Gasteiger charge is 2.49. The minimum absolute atomic E-state index is 0.0439. The third-order valence-corrected chi connectivity index (χ3v) is 5.47. The van der Waals surface area contributed by atoms with E-state index in [2.05, 4.69) is 29.0 Å². The largest absolute Gasteiger partial charge is 0.395 e. The zero-order chi connectivity index (χ0) is 19.4. The average molecular weight is 374 g/mol. The first-order valence-corrected chi connectivity index (χ1v) is 9.80. The lowest BCUT2D eigenvalue weighted by atomic mass is 9.91. The van der Waals surface area contributed by atoms with E-state index in [1.54, 1.807) is 12.4 Å². The summed E-state index contributed by atoms with van der Waals surface area (Å²) in [5.41, 5.74) is 1.14. The van der Waals surface area contributed by atoms with Crippen LogP contribution in [0.1, 0.15) is 32.3 Å². The fraction of sp³-hybridized carbons (Fsp3) is 0.650. The van der Waals surface area contributed by atoms with Crippen LogP contribution in [-0.4, -0.2) is 70.0 Å². The molecule has 0 saturated carbocycles. The minimum Gasteiger partial charge on any atom is -0.395 e. The number of piperazine rings is 1. The molecule has 0 aliphatic carbocycles. The molecule has 0 spiro atoms. The van der Waals surface area contributed by atoms with E-state index in [1.807, 2.05) is 17.0 Å². The van der Waals surface area contributed by atoms with Gasteiger partial charge in [-0.3, -0.25) is 19.5 Å². The molecule has 148 valence electrons. The van der Waals surface area contributed by atoms with Gasteiger partial charge in [0.2, 0.25) is 11.8 Å². The van der Waals surface area contributed by atoms with E-state index < -0.39 is 0 Å². The summed E-state index contributed by atoms with van der Waals surface area (Å²) in [7, 11) is 0. The molecular weight excluding hydrogens is 344 g/mol. The summed E-state index contributed by atoms with van der Waals surface area (Å²) in [6.45, 7) is 6.33. The van der Waals surface area contributed by atoms with E-state index in [4.69, 9.17) is 5.11 Å². The predicted octanol–water partition coefficient (Wildman–Crippen LogP) is 0.638. The maximum atomic E-state index is 13.0. The molecule has 2 saturated heterocycles. The summed E-state index contributed by atoms with van der Waals surface area (Å²) in [5.74, 6) is 0.277. The molecule has 3 atom stereocenters. The molecule has 2 aliphatic heterocycles. The molecule has 0 unspecified atom stereocenters. The van der Waals surface area contributed by atoms with Crippen molar-refractivity contribution < 1.29 is 14.7 Å². The Labute approximate surface area is 160 Å². The summed E-state index contributed by atoms with van der Waals surface area (Å²) < 4.78 is 0. The van der Waals surface area contributed by atoms with Crippen molar-refractivity contribution in [3.8, 4) is 0 Å².